The van der Waals surface area contributed by atoms with E-state index in [2.05, 4.69) is 0 Å². The third-order valence-corrected chi connectivity index (χ3v) is 3.82. The van der Waals surface area contributed by atoms with Gasteiger partial charge in [0.05, 0.1) is 9.79 Å². The Bertz CT molecular complexity index is 679. The monoisotopic (exact) mass is 388 g/mol. The van der Waals surface area contributed by atoms with Gasteiger partial charge in [0.1, 0.15) is 0 Å². The Balaban J connectivity index is 0. The average Bonchev–Trinajstić information content (AvgIpc) is 2.40. The molecule has 2 aromatic rings. The van der Waals surface area contributed by atoms with Crippen LogP contribution in [0.15, 0.2) is 70.5 Å². The molecule has 22 heavy (non-hydrogen) atoms. The first-order valence-corrected chi connectivity index (χ1v) is 8.14. The Hall–Kier alpha value is -1.16. The van der Waals surface area contributed by atoms with Crippen LogP contribution in [0.1, 0.15) is 0 Å². The molecule has 0 amide bonds. The van der Waals surface area contributed by atoms with Crippen LogP contribution < -0.4 is 0 Å². The van der Waals surface area contributed by atoms with Gasteiger partial charge in [-0.3, -0.25) is 9.11 Å². The van der Waals surface area contributed by atoms with Crippen molar-refractivity contribution in [3.63, 3.8) is 0 Å². The van der Waals surface area contributed by atoms with E-state index < -0.39 is 20.2 Å². The lowest BCUT2D eigenvalue weighted by molar-refractivity contribution is 0.481. The highest BCUT2D eigenvalue weighted by atomic mass is 35.5. The van der Waals surface area contributed by atoms with Gasteiger partial charge >= 0.3 is 0 Å². The topological polar surface area (TPSA) is 109 Å². The average molecular weight is 389 g/mol. The minimum Gasteiger partial charge on any atom is -0.282 e. The summed E-state index contributed by atoms with van der Waals surface area (Å²) < 4.78 is 58.5. The van der Waals surface area contributed by atoms with Crippen LogP contribution in [0.25, 0.3) is 0 Å². The van der Waals surface area contributed by atoms with Crippen LogP contribution >= 0.6 is 24.8 Å². The minimum atomic E-state index is -4.00. The summed E-state index contributed by atoms with van der Waals surface area (Å²) in [7, 11) is -8.01. The largest absolute Gasteiger partial charge is 0.294 e. The first-order valence-electron chi connectivity index (χ1n) is 5.26. The van der Waals surface area contributed by atoms with Crippen LogP contribution in [0.3, 0.4) is 0 Å². The van der Waals surface area contributed by atoms with E-state index in [1.807, 2.05) is 0 Å². The van der Waals surface area contributed by atoms with Gasteiger partial charge in [-0.1, -0.05) is 36.4 Å². The molecule has 124 valence electrons. The molecule has 0 atom stereocenters. The minimum absolute atomic E-state index is 0. The molecule has 0 aliphatic heterocycles. The highest BCUT2D eigenvalue weighted by molar-refractivity contribution is 7.86. The van der Waals surface area contributed by atoms with Crippen LogP contribution in [0.4, 0.5) is 0 Å². The summed E-state index contributed by atoms with van der Waals surface area (Å²) in [4.78, 5) is -0.148. The summed E-state index contributed by atoms with van der Waals surface area (Å²) in [6, 6.07) is 14.8. The molecule has 0 saturated heterocycles. The van der Waals surface area contributed by atoms with Gasteiger partial charge in [0.25, 0.3) is 20.2 Å². The van der Waals surface area contributed by atoms with Gasteiger partial charge in [-0.05, 0) is 24.3 Å². The normalized spacial score (nSPS) is 10.3. The maximum atomic E-state index is 10.4. The molecular weight excluding hydrogens is 375 g/mol. The first-order chi connectivity index (χ1) is 9.21. The van der Waals surface area contributed by atoms with Gasteiger partial charge in [0.2, 0.25) is 0 Å². The Morgan fingerprint density at radius 2 is 0.773 bits per heavy atom. The van der Waals surface area contributed by atoms with E-state index in [0.29, 0.717) is 0 Å². The smallest absolute Gasteiger partial charge is 0.282 e. The van der Waals surface area contributed by atoms with Crippen molar-refractivity contribution in [3.05, 3.63) is 60.7 Å². The molecule has 2 rings (SSSR count). The molecule has 0 radical (unpaired) electrons. The summed E-state index contributed by atoms with van der Waals surface area (Å²) >= 11 is 0. The zero-order valence-electron chi connectivity index (χ0n) is 10.9. The fourth-order valence-electron chi connectivity index (χ4n) is 1.18. The van der Waals surface area contributed by atoms with Gasteiger partial charge in [0.15, 0.2) is 0 Å². The van der Waals surface area contributed by atoms with E-state index in [-0.39, 0.29) is 34.6 Å². The lowest BCUT2D eigenvalue weighted by Gasteiger charge is -1.92. The summed E-state index contributed by atoms with van der Waals surface area (Å²) in [5.41, 5.74) is 0. The Morgan fingerprint density at radius 1 is 0.545 bits per heavy atom. The van der Waals surface area contributed by atoms with Crippen molar-refractivity contribution in [3.8, 4) is 0 Å². The number of halogens is 2. The highest BCUT2D eigenvalue weighted by Crippen LogP contribution is 2.05. The van der Waals surface area contributed by atoms with Crippen LogP contribution in [0, 0.1) is 0 Å². The molecule has 0 bridgehead atoms. The molecule has 0 spiro atoms. The lowest BCUT2D eigenvalue weighted by Crippen LogP contribution is -1.96. The van der Waals surface area contributed by atoms with E-state index in [1.165, 1.54) is 24.3 Å². The fourth-order valence-corrected chi connectivity index (χ4v) is 2.19. The number of rotatable bonds is 2. The predicted octanol–water partition coefficient (Wildman–Crippen LogP) is 2.71. The zero-order valence-corrected chi connectivity index (χ0v) is 14.2. The van der Waals surface area contributed by atoms with Crippen molar-refractivity contribution in [1.82, 2.24) is 0 Å². The quantitative estimate of drug-likeness (QED) is 0.765. The van der Waals surface area contributed by atoms with Gasteiger partial charge in [-0.25, -0.2) is 0 Å². The molecule has 0 fully saturated rings. The molecule has 2 N–H and O–H groups in total. The molecule has 0 heterocycles. The van der Waals surface area contributed by atoms with E-state index in [1.54, 1.807) is 36.4 Å². The Morgan fingerprint density at radius 3 is 0.909 bits per heavy atom. The molecule has 2 aromatic carbocycles. The molecule has 0 aliphatic rings. The standard InChI is InChI=1S/2C6H6O3S.2ClH/c2*7-10(8,9)6-4-2-1-3-5-6;;/h2*1-5H,(H,7,8,9);2*1H. The predicted molar refractivity (Wildman–Crippen MR) is 87.0 cm³/mol. The van der Waals surface area contributed by atoms with Crippen molar-refractivity contribution in [2.75, 3.05) is 0 Å². The van der Waals surface area contributed by atoms with E-state index in [9.17, 15) is 16.8 Å². The Labute approximate surface area is 141 Å². The fraction of sp³-hybridized carbons (Fsp3) is 0. The molecule has 0 unspecified atom stereocenters. The molecule has 0 saturated carbocycles. The second-order valence-electron chi connectivity index (χ2n) is 3.58. The van der Waals surface area contributed by atoms with Gasteiger partial charge in [0, 0.05) is 0 Å². The Kier molecular flexibility index (Phi) is 10.3. The van der Waals surface area contributed by atoms with Crippen molar-refractivity contribution >= 4 is 45.1 Å². The van der Waals surface area contributed by atoms with Crippen LogP contribution in [0.2, 0.25) is 0 Å². The van der Waals surface area contributed by atoms with E-state index in [4.69, 9.17) is 9.11 Å². The summed E-state index contributed by atoms with van der Waals surface area (Å²) in [5.74, 6) is 0. The second-order valence-corrected chi connectivity index (χ2v) is 6.42. The van der Waals surface area contributed by atoms with Crippen molar-refractivity contribution in [2.24, 2.45) is 0 Å². The van der Waals surface area contributed by atoms with Gasteiger partial charge in [-0.15, -0.1) is 24.8 Å². The van der Waals surface area contributed by atoms with Crippen LogP contribution in [-0.2, 0) is 20.2 Å². The molecule has 10 heteroatoms. The number of benzene rings is 2. The maximum Gasteiger partial charge on any atom is 0.294 e. The molecule has 0 aliphatic carbocycles. The highest BCUT2D eigenvalue weighted by Gasteiger charge is 2.06. The maximum absolute atomic E-state index is 10.4. The van der Waals surface area contributed by atoms with Gasteiger partial charge in [-0.2, -0.15) is 16.8 Å². The van der Waals surface area contributed by atoms with Gasteiger partial charge < -0.3 is 0 Å². The summed E-state index contributed by atoms with van der Waals surface area (Å²) in [5, 5.41) is 0. The van der Waals surface area contributed by atoms with Crippen LogP contribution in [-0.4, -0.2) is 25.9 Å². The second kappa shape index (κ2) is 9.78. The van der Waals surface area contributed by atoms with Crippen molar-refractivity contribution in [1.29, 1.82) is 0 Å². The molecule has 0 aromatic heterocycles. The summed E-state index contributed by atoms with van der Waals surface area (Å²) in [6.45, 7) is 0. The first kappa shape index (κ1) is 23.1. The van der Waals surface area contributed by atoms with E-state index in [0.717, 1.165) is 0 Å². The lowest BCUT2D eigenvalue weighted by atomic mass is 10.4. The third-order valence-electron chi connectivity index (χ3n) is 2.08. The van der Waals surface area contributed by atoms with Crippen molar-refractivity contribution < 1.29 is 25.9 Å². The number of hydrogen-bond acceptors (Lipinski definition) is 4. The van der Waals surface area contributed by atoms with Crippen LogP contribution in [0.5, 0.6) is 0 Å². The third kappa shape index (κ3) is 8.32. The van der Waals surface area contributed by atoms with E-state index >= 15 is 0 Å². The SMILES string of the molecule is Cl.Cl.O=S(=O)(O)c1ccccc1.O=S(=O)(O)c1ccccc1. The zero-order chi connectivity index (χ0) is 15.2. The molecular formula is C12H14Cl2O6S2. The summed E-state index contributed by atoms with van der Waals surface area (Å²) in [6.07, 6.45) is 0. The van der Waals surface area contributed by atoms with Crippen molar-refractivity contribution in [2.45, 2.75) is 9.79 Å². The molecule has 6 nitrogen and oxygen atoms in total. The number of hydrogen-bond donors (Lipinski definition) is 2.